The molecule has 0 fully saturated rings. The van der Waals surface area contributed by atoms with E-state index in [1.165, 1.54) is 0 Å². The van der Waals surface area contributed by atoms with Gasteiger partial charge >= 0.3 is 0 Å². The minimum atomic E-state index is -0.818. The number of hydrogen-bond acceptors (Lipinski definition) is 2. The van der Waals surface area contributed by atoms with E-state index in [1.807, 2.05) is 18.2 Å². The Morgan fingerprint density at radius 1 is 1.70 bits per heavy atom. The quantitative estimate of drug-likeness (QED) is 0.458. The van der Waals surface area contributed by atoms with Gasteiger partial charge in [0.1, 0.15) is 6.23 Å². The van der Waals surface area contributed by atoms with Gasteiger partial charge in [-0.05, 0) is 18.9 Å². The average Bonchev–Trinajstić information content (AvgIpc) is 1.88. The molecule has 0 aromatic heterocycles. The highest BCUT2D eigenvalue weighted by atomic mass is 16.3. The molecule has 0 aromatic rings. The maximum Gasteiger partial charge on any atom is 0.124 e. The van der Waals surface area contributed by atoms with Gasteiger partial charge in [0.25, 0.3) is 0 Å². The Balaban J connectivity index is 3.79. The van der Waals surface area contributed by atoms with Gasteiger partial charge in [-0.25, -0.2) is 0 Å². The molecule has 0 aliphatic carbocycles. The molecule has 0 spiro atoms. The monoisotopic (exact) mass is 141 g/mol. The molecule has 58 valence electrons. The number of aliphatic hydroxyl groups is 1. The van der Waals surface area contributed by atoms with E-state index in [0.29, 0.717) is 0 Å². The van der Waals surface area contributed by atoms with E-state index in [0.717, 1.165) is 12.0 Å². The first-order chi connectivity index (χ1) is 4.68. The fourth-order valence-corrected chi connectivity index (χ4v) is 0.454. The summed E-state index contributed by atoms with van der Waals surface area (Å²) in [5.41, 5.74) is 5.95. The lowest BCUT2D eigenvalue weighted by atomic mass is 10.2. The lowest BCUT2D eigenvalue weighted by Crippen LogP contribution is -2.19. The molecule has 3 N–H and O–H groups in total. The number of aliphatic hydroxyl groups excluding tert-OH is 1. The zero-order valence-corrected chi connectivity index (χ0v) is 6.54. The lowest BCUT2D eigenvalue weighted by molar-refractivity contribution is 0.219. The molecule has 0 amide bonds. The minimum absolute atomic E-state index is 0.782. The molecule has 0 saturated carbocycles. The van der Waals surface area contributed by atoms with Crippen molar-refractivity contribution < 1.29 is 5.11 Å². The number of allylic oxidation sites excluding steroid dienone is 3. The van der Waals surface area contributed by atoms with Crippen LogP contribution >= 0.6 is 0 Å². The molecule has 0 radical (unpaired) electrons. The summed E-state index contributed by atoms with van der Waals surface area (Å²) in [5, 5.41) is 8.80. The molecule has 0 aliphatic heterocycles. The average molecular weight is 141 g/mol. The molecule has 0 bridgehead atoms. The van der Waals surface area contributed by atoms with E-state index in [1.54, 1.807) is 6.92 Å². The van der Waals surface area contributed by atoms with E-state index in [4.69, 9.17) is 10.8 Å². The van der Waals surface area contributed by atoms with Gasteiger partial charge in [-0.1, -0.05) is 25.2 Å². The summed E-state index contributed by atoms with van der Waals surface area (Å²) in [7, 11) is 0. The summed E-state index contributed by atoms with van der Waals surface area (Å²) in [5.74, 6) is 0. The lowest BCUT2D eigenvalue weighted by Gasteiger charge is -2.00. The van der Waals surface area contributed by atoms with Gasteiger partial charge in [-0.15, -0.1) is 0 Å². The maximum atomic E-state index is 8.80. The third kappa shape index (κ3) is 4.30. The van der Waals surface area contributed by atoms with Crippen LogP contribution in [0.1, 0.15) is 20.3 Å². The third-order valence-corrected chi connectivity index (χ3v) is 1.20. The number of rotatable bonds is 3. The van der Waals surface area contributed by atoms with Gasteiger partial charge in [-0.3, -0.25) is 0 Å². The highest BCUT2D eigenvalue weighted by Crippen LogP contribution is 1.95. The highest BCUT2D eigenvalue weighted by molar-refractivity contribution is 5.12. The van der Waals surface area contributed by atoms with Crippen LogP contribution in [0.2, 0.25) is 0 Å². The summed E-state index contributed by atoms with van der Waals surface area (Å²) in [6.45, 7) is 3.85. The molecule has 0 rings (SSSR count). The van der Waals surface area contributed by atoms with Crippen LogP contribution in [0.4, 0.5) is 0 Å². The van der Waals surface area contributed by atoms with E-state index >= 15 is 0 Å². The summed E-state index contributed by atoms with van der Waals surface area (Å²) in [6, 6.07) is 0. The normalized spacial score (nSPS) is 16.2. The Hall–Kier alpha value is -0.600. The Kier molecular flexibility index (Phi) is 4.89. The Labute approximate surface area is 62.0 Å². The van der Waals surface area contributed by atoms with Crippen molar-refractivity contribution in [3.05, 3.63) is 23.8 Å². The van der Waals surface area contributed by atoms with Gasteiger partial charge in [-0.2, -0.15) is 0 Å². The first-order valence-corrected chi connectivity index (χ1v) is 3.45. The van der Waals surface area contributed by atoms with Gasteiger partial charge in [0, 0.05) is 0 Å². The third-order valence-electron chi connectivity index (χ3n) is 1.20. The second-order valence-electron chi connectivity index (χ2n) is 2.19. The molecule has 0 saturated heterocycles. The molecular formula is C8H15NO. The van der Waals surface area contributed by atoms with Crippen molar-refractivity contribution in [2.45, 2.75) is 26.5 Å². The van der Waals surface area contributed by atoms with Gasteiger partial charge in [0.15, 0.2) is 0 Å². The fourth-order valence-electron chi connectivity index (χ4n) is 0.454. The van der Waals surface area contributed by atoms with E-state index < -0.39 is 6.23 Å². The van der Waals surface area contributed by atoms with Crippen LogP contribution in [0, 0.1) is 0 Å². The first-order valence-electron chi connectivity index (χ1n) is 3.45. The maximum absolute atomic E-state index is 8.80. The molecule has 2 heteroatoms. The van der Waals surface area contributed by atoms with Crippen molar-refractivity contribution in [2.24, 2.45) is 5.73 Å². The van der Waals surface area contributed by atoms with Crippen molar-refractivity contribution in [3.8, 4) is 0 Å². The Morgan fingerprint density at radius 2 is 2.30 bits per heavy atom. The molecule has 0 aliphatic rings. The second kappa shape index (κ2) is 5.21. The zero-order valence-electron chi connectivity index (χ0n) is 6.54. The molecule has 0 heterocycles. The van der Waals surface area contributed by atoms with Crippen LogP contribution in [0.5, 0.6) is 0 Å². The van der Waals surface area contributed by atoms with Crippen molar-refractivity contribution in [1.29, 1.82) is 0 Å². The molecule has 1 atom stereocenters. The largest absolute Gasteiger partial charge is 0.375 e. The molecule has 0 aromatic carbocycles. The van der Waals surface area contributed by atoms with Gasteiger partial charge in [0.05, 0.1) is 0 Å². The van der Waals surface area contributed by atoms with Crippen molar-refractivity contribution in [2.75, 3.05) is 0 Å². The minimum Gasteiger partial charge on any atom is -0.375 e. The van der Waals surface area contributed by atoms with Gasteiger partial charge < -0.3 is 10.8 Å². The number of nitrogens with two attached hydrogens (primary N) is 1. The van der Waals surface area contributed by atoms with Crippen LogP contribution < -0.4 is 5.73 Å². The van der Waals surface area contributed by atoms with Crippen LogP contribution in [0.3, 0.4) is 0 Å². The summed E-state index contributed by atoms with van der Waals surface area (Å²) in [4.78, 5) is 0. The van der Waals surface area contributed by atoms with E-state index in [2.05, 4.69) is 6.92 Å². The fraction of sp³-hybridized carbons (Fsp3) is 0.500. The van der Waals surface area contributed by atoms with Crippen LogP contribution in [0.15, 0.2) is 23.8 Å². The first kappa shape index (κ1) is 9.40. The van der Waals surface area contributed by atoms with Crippen LogP contribution in [0.25, 0.3) is 0 Å². The topological polar surface area (TPSA) is 46.2 Å². The van der Waals surface area contributed by atoms with Crippen molar-refractivity contribution >= 4 is 0 Å². The summed E-state index contributed by atoms with van der Waals surface area (Å²) >= 11 is 0. The standard InChI is InChI=1S/C8H15NO/c1-3-4-5-6-7(2)8(9)10/h4-6,8,10H,3,9H2,1-2H3/b5-4-,7-6+. The molecule has 10 heavy (non-hydrogen) atoms. The predicted molar refractivity (Wildman–Crippen MR) is 43.4 cm³/mol. The summed E-state index contributed by atoms with van der Waals surface area (Å²) in [6.07, 6.45) is 5.90. The Bertz CT molecular complexity index is 136. The Morgan fingerprint density at radius 3 is 2.70 bits per heavy atom. The molecule has 2 nitrogen and oxygen atoms in total. The SMILES string of the molecule is CC/C=C\C=C(/C)C(N)O. The van der Waals surface area contributed by atoms with Crippen molar-refractivity contribution in [1.82, 2.24) is 0 Å². The van der Waals surface area contributed by atoms with Crippen LogP contribution in [-0.2, 0) is 0 Å². The van der Waals surface area contributed by atoms with Crippen molar-refractivity contribution in [3.63, 3.8) is 0 Å². The molecule has 1 unspecified atom stereocenters. The molecular weight excluding hydrogens is 126 g/mol. The van der Waals surface area contributed by atoms with Crippen LogP contribution in [-0.4, -0.2) is 11.3 Å². The highest BCUT2D eigenvalue weighted by Gasteiger charge is 1.93. The van der Waals surface area contributed by atoms with E-state index in [9.17, 15) is 0 Å². The van der Waals surface area contributed by atoms with E-state index in [-0.39, 0.29) is 0 Å². The van der Waals surface area contributed by atoms with Gasteiger partial charge in [0.2, 0.25) is 0 Å². The second-order valence-corrected chi connectivity index (χ2v) is 2.19. The smallest absolute Gasteiger partial charge is 0.124 e. The zero-order chi connectivity index (χ0) is 7.98. The summed E-state index contributed by atoms with van der Waals surface area (Å²) < 4.78 is 0. The predicted octanol–water partition coefficient (Wildman–Crippen LogP) is 1.18. The number of hydrogen-bond donors (Lipinski definition) is 2.